The molecule has 0 radical (unpaired) electrons. The molecule has 2 aromatic carbocycles. The van der Waals surface area contributed by atoms with E-state index in [0.717, 1.165) is 26.2 Å². The smallest absolute Gasteiger partial charge is 0.230 e. The van der Waals surface area contributed by atoms with Crippen LogP contribution in [0.2, 0.25) is 0 Å². The fourth-order valence-electron chi connectivity index (χ4n) is 2.30. The Hall–Kier alpha value is -1.46. The number of ether oxygens (including phenoxy) is 1. The molecule has 0 aliphatic carbocycles. The third-order valence-corrected chi connectivity index (χ3v) is 5.15. The Morgan fingerprint density at radius 2 is 2.04 bits per heavy atom. The van der Waals surface area contributed by atoms with Crippen molar-refractivity contribution in [2.75, 3.05) is 12.9 Å². The van der Waals surface area contributed by atoms with E-state index in [4.69, 9.17) is 4.74 Å². The fraction of sp³-hybridized carbons (Fsp3) is 0.278. The second kappa shape index (κ2) is 8.41. The van der Waals surface area contributed by atoms with Gasteiger partial charge in [0, 0.05) is 14.9 Å². The minimum Gasteiger partial charge on any atom is -0.496 e. The molecule has 0 saturated heterocycles. The molecule has 1 amide bonds. The number of carbonyl (C=O) groups excluding carboxylic acids is 1. The average Bonchev–Trinajstić information content (AvgIpc) is 2.54. The van der Waals surface area contributed by atoms with E-state index in [1.54, 1.807) is 18.9 Å². The molecule has 5 heteroatoms. The minimum absolute atomic E-state index is 0.00993. The van der Waals surface area contributed by atoms with Gasteiger partial charge in [0.05, 0.1) is 18.9 Å². The number of halogens is 1. The molecule has 0 aromatic heterocycles. The zero-order chi connectivity index (χ0) is 16.8. The van der Waals surface area contributed by atoms with E-state index in [2.05, 4.69) is 27.3 Å². The van der Waals surface area contributed by atoms with Crippen molar-refractivity contribution in [3.63, 3.8) is 0 Å². The highest BCUT2D eigenvalue weighted by atomic mass is 79.9. The van der Waals surface area contributed by atoms with Gasteiger partial charge in [-0.2, -0.15) is 0 Å². The lowest BCUT2D eigenvalue weighted by molar-refractivity contribution is -0.119. The van der Waals surface area contributed by atoms with Gasteiger partial charge in [-0.25, -0.2) is 0 Å². The first-order valence-electron chi connectivity index (χ1n) is 7.32. The molecular formula is C18H20BrNO2S. The predicted molar refractivity (Wildman–Crippen MR) is 99.2 cm³/mol. The van der Waals surface area contributed by atoms with E-state index in [9.17, 15) is 4.79 Å². The second-order valence-corrected chi connectivity index (χ2v) is 7.16. The summed E-state index contributed by atoms with van der Waals surface area (Å²) < 4.78 is 6.39. The highest BCUT2D eigenvalue weighted by molar-refractivity contribution is 9.10. The molecule has 0 aliphatic heterocycles. The number of amides is 1. The first-order valence-corrected chi connectivity index (χ1v) is 9.10. The Bertz CT molecular complexity index is 690. The Kier molecular flexibility index (Phi) is 6.54. The number of thioether (sulfide) groups is 1. The maximum absolute atomic E-state index is 12.2. The summed E-state index contributed by atoms with van der Waals surface area (Å²) in [5.74, 6) is 1.19. The third kappa shape index (κ3) is 5.01. The quantitative estimate of drug-likeness (QED) is 0.720. The predicted octanol–water partition coefficient (Wildman–Crippen LogP) is 4.74. The zero-order valence-corrected chi connectivity index (χ0v) is 15.8. The molecule has 0 heterocycles. The van der Waals surface area contributed by atoms with E-state index in [0.29, 0.717) is 5.75 Å². The van der Waals surface area contributed by atoms with Crippen LogP contribution in [-0.4, -0.2) is 18.8 Å². The summed E-state index contributed by atoms with van der Waals surface area (Å²) in [5, 5.41) is 3.02. The lowest BCUT2D eigenvalue weighted by Crippen LogP contribution is -2.28. The van der Waals surface area contributed by atoms with Crippen molar-refractivity contribution in [1.29, 1.82) is 0 Å². The van der Waals surface area contributed by atoms with E-state index >= 15 is 0 Å². The van der Waals surface area contributed by atoms with Crippen LogP contribution in [-0.2, 0) is 4.79 Å². The lowest BCUT2D eigenvalue weighted by atomic mass is 10.1. The van der Waals surface area contributed by atoms with E-state index in [-0.39, 0.29) is 11.9 Å². The molecule has 122 valence electrons. The van der Waals surface area contributed by atoms with Crippen molar-refractivity contribution < 1.29 is 9.53 Å². The number of nitrogens with one attached hydrogen (secondary N) is 1. The van der Waals surface area contributed by atoms with Crippen LogP contribution in [0.25, 0.3) is 0 Å². The molecule has 1 atom stereocenters. The molecular weight excluding hydrogens is 374 g/mol. The number of para-hydroxylation sites is 1. The first-order chi connectivity index (χ1) is 11.0. The number of benzene rings is 2. The lowest BCUT2D eigenvalue weighted by Gasteiger charge is -2.17. The normalized spacial score (nSPS) is 11.8. The SMILES string of the molecule is COc1ccccc1C(C)NC(=O)CSc1ccc(Br)cc1C. The number of hydrogen-bond donors (Lipinski definition) is 1. The van der Waals surface area contributed by atoms with Crippen LogP contribution in [0.5, 0.6) is 5.75 Å². The van der Waals surface area contributed by atoms with Gasteiger partial charge < -0.3 is 10.1 Å². The first kappa shape index (κ1) is 17.9. The van der Waals surface area contributed by atoms with Crippen molar-refractivity contribution in [3.05, 3.63) is 58.1 Å². The highest BCUT2D eigenvalue weighted by Gasteiger charge is 2.14. The van der Waals surface area contributed by atoms with Crippen LogP contribution in [0, 0.1) is 6.92 Å². The maximum Gasteiger partial charge on any atom is 0.230 e. The van der Waals surface area contributed by atoms with E-state index < -0.39 is 0 Å². The number of methoxy groups -OCH3 is 1. The summed E-state index contributed by atoms with van der Waals surface area (Å²) >= 11 is 4.99. The molecule has 23 heavy (non-hydrogen) atoms. The number of aryl methyl sites for hydroxylation is 1. The van der Waals surface area contributed by atoms with Crippen LogP contribution < -0.4 is 10.1 Å². The van der Waals surface area contributed by atoms with Gasteiger partial charge in [-0.1, -0.05) is 34.1 Å². The standard InChI is InChI=1S/C18H20BrNO2S/c1-12-10-14(19)8-9-17(12)23-11-18(21)20-13(2)15-6-4-5-7-16(15)22-3/h4-10,13H,11H2,1-3H3,(H,20,21). The molecule has 3 nitrogen and oxygen atoms in total. The third-order valence-electron chi connectivity index (χ3n) is 3.48. The van der Waals surface area contributed by atoms with Gasteiger partial charge >= 0.3 is 0 Å². The summed E-state index contributed by atoms with van der Waals surface area (Å²) in [4.78, 5) is 13.3. The molecule has 0 fully saturated rings. The largest absolute Gasteiger partial charge is 0.496 e. The van der Waals surface area contributed by atoms with Gasteiger partial charge in [0.25, 0.3) is 0 Å². The van der Waals surface area contributed by atoms with Gasteiger partial charge in [-0.05, 0) is 43.7 Å². The van der Waals surface area contributed by atoms with Gasteiger partial charge in [0.2, 0.25) is 5.91 Å². The van der Waals surface area contributed by atoms with Crippen molar-refractivity contribution in [1.82, 2.24) is 5.32 Å². The van der Waals surface area contributed by atoms with Crippen LogP contribution in [0.3, 0.4) is 0 Å². The number of carbonyl (C=O) groups is 1. The molecule has 0 spiro atoms. The average molecular weight is 394 g/mol. The highest BCUT2D eigenvalue weighted by Crippen LogP contribution is 2.26. The summed E-state index contributed by atoms with van der Waals surface area (Å²) in [5.41, 5.74) is 2.14. The molecule has 2 aromatic rings. The number of hydrogen-bond acceptors (Lipinski definition) is 3. The Balaban J connectivity index is 1.94. The van der Waals surface area contributed by atoms with Crippen LogP contribution in [0.1, 0.15) is 24.1 Å². The fourth-order valence-corrected chi connectivity index (χ4v) is 3.60. The van der Waals surface area contributed by atoms with Gasteiger partial charge in [-0.3, -0.25) is 4.79 Å². The molecule has 0 aliphatic rings. The van der Waals surface area contributed by atoms with Crippen LogP contribution >= 0.6 is 27.7 Å². The Morgan fingerprint density at radius 3 is 2.74 bits per heavy atom. The van der Waals surface area contributed by atoms with Gasteiger partial charge in [0.1, 0.15) is 5.75 Å². The zero-order valence-electron chi connectivity index (χ0n) is 13.4. The molecule has 1 N–H and O–H groups in total. The van der Waals surface area contributed by atoms with Crippen molar-refractivity contribution in [2.24, 2.45) is 0 Å². The Labute approximate surface area is 149 Å². The summed E-state index contributed by atoms with van der Waals surface area (Å²) in [6, 6.07) is 13.7. The van der Waals surface area contributed by atoms with Crippen molar-refractivity contribution in [3.8, 4) is 5.75 Å². The molecule has 0 saturated carbocycles. The molecule has 0 bridgehead atoms. The van der Waals surface area contributed by atoms with E-state index in [1.165, 1.54) is 0 Å². The van der Waals surface area contributed by atoms with E-state index in [1.807, 2.05) is 50.2 Å². The summed E-state index contributed by atoms with van der Waals surface area (Å²) in [6.45, 7) is 4.01. The van der Waals surface area contributed by atoms with Crippen molar-refractivity contribution in [2.45, 2.75) is 24.8 Å². The van der Waals surface area contributed by atoms with Crippen LogP contribution in [0.15, 0.2) is 51.8 Å². The summed E-state index contributed by atoms with van der Waals surface area (Å²) in [6.07, 6.45) is 0. The van der Waals surface area contributed by atoms with Crippen molar-refractivity contribution >= 4 is 33.6 Å². The topological polar surface area (TPSA) is 38.3 Å². The van der Waals surface area contributed by atoms with Crippen LogP contribution in [0.4, 0.5) is 0 Å². The minimum atomic E-state index is -0.0923. The second-order valence-electron chi connectivity index (χ2n) is 5.23. The Morgan fingerprint density at radius 1 is 1.30 bits per heavy atom. The summed E-state index contributed by atoms with van der Waals surface area (Å²) in [7, 11) is 1.64. The molecule has 1 unspecified atom stereocenters. The monoisotopic (exact) mass is 393 g/mol. The number of rotatable bonds is 6. The van der Waals surface area contributed by atoms with Gasteiger partial charge in [-0.15, -0.1) is 11.8 Å². The van der Waals surface area contributed by atoms with Gasteiger partial charge in [0.15, 0.2) is 0 Å². The molecule has 2 rings (SSSR count). The maximum atomic E-state index is 12.2.